The zero-order valence-corrected chi connectivity index (χ0v) is 14.0. The molecular formula is C19H22N2O3. The average Bonchev–Trinajstić information content (AvgIpc) is 2.55. The van der Waals surface area contributed by atoms with Crippen molar-refractivity contribution in [3.05, 3.63) is 53.7 Å². The fourth-order valence-corrected chi connectivity index (χ4v) is 2.36. The molecule has 1 aromatic carbocycles. The average molecular weight is 326 g/mol. The molecule has 0 aliphatic heterocycles. The van der Waals surface area contributed by atoms with Crippen molar-refractivity contribution in [2.45, 2.75) is 33.1 Å². The Balaban J connectivity index is 1.86. The lowest BCUT2D eigenvalue weighted by Crippen LogP contribution is -2.14. The number of nitrogens with one attached hydrogen (secondary N) is 1. The number of hydrogen-bond donors (Lipinski definition) is 2. The van der Waals surface area contributed by atoms with Gasteiger partial charge in [0.1, 0.15) is 0 Å². The largest absolute Gasteiger partial charge is 0.504 e. The van der Waals surface area contributed by atoms with Crippen LogP contribution in [0.15, 0.2) is 42.6 Å². The molecular weight excluding hydrogens is 304 g/mol. The first kappa shape index (κ1) is 17.7. The van der Waals surface area contributed by atoms with E-state index < -0.39 is 0 Å². The summed E-state index contributed by atoms with van der Waals surface area (Å²) >= 11 is 0. The lowest BCUT2D eigenvalue weighted by Gasteiger charge is -2.07. The van der Waals surface area contributed by atoms with Crippen molar-refractivity contribution >= 4 is 17.5 Å². The normalized spacial score (nSPS) is 10.6. The molecule has 0 radical (unpaired) electrons. The van der Waals surface area contributed by atoms with Crippen LogP contribution in [-0.2, 0) is 11.2 Å². The van der Waals surface area contributed by atoms with Crippen molar-refractivity contribution in [2.24, 2.45) is 5.92 Å². The van der Waals surface area contributed by atoms with Gasteiger partial charge >= 0.3 is 0 Å². The van der Waals surface area contributed by atoms with E-state index in [0.29, 0.717) is 11.5 Å². The molecule has 2 aromatic rings. The molecule has 0 spiro atoms. The van der Waals surface area contributed by atoms with Gasteiger partial charge in [0.2, 0.25) is 5.91 Å². The van der Waals surface area contributed by atoms with Crippen LogP contribution in [0.25, 0.3) is 0 Å². The number of carbonyl (C=O) groups is 2. The first-order valence-electron chi connectivity index (χ1n) is 8.01. The Morgan fingerprint density at radius 3 is 2.46 bits per heavy atom. The number of nitrogens with zero attached hydrogens (tertiary/aromatic N) is 1. The summed E-state index contributed by atoms with van der Waals surface area (Å²) in [5, 5.41) is 12.1. The first-order chi connectivity index (χ1) is 11.5. The summed E-state index contributed by atoms with van der Waals surface area (Å²) in [4.78, 5) is 27.9. The zero-order valence-electron chi connectivity index (χ0n) is 14.0. The second-order valence-electron chi connectivity index (χ2n) is 6.14. The number of aromatic nitrogens is 1. The fourth-order valence-electron chi connectivity index (χ4n) is 2.36. The Morgan fingerprint density at radius 2 is 1.83 bits per heavy atom. The van der Waals surface area contributed by atoms with Crippen LogP contribution in [-0.4, -0.2) is 21.8 Å². The van der Waals surface area contributed by atoms with E-state index in [-0.39, 0.29) is 36.1 Å². The SMILES string of the molecule is CC(C)Cc1ccc(C(=O)CCC(=O)Nc2ncccc2O)cc1. The minimum absolute atomic E-state index is 0.0442. The highest BCUT2D eigenvalue weighted by Crippen LogP contribution is 2.18. The minimum atomic E-state index is -0.353. The lowest BCUT2D eigenvalue weighted by atomic mass is 9.99. The van der Waals surface area contributed by atoms with E-state index in [9.17, 15) is 14.7 Å². The molecule has 5 nitrogen and oxygen atoms in total. The van der Waals surface area contributed by atoms with E-state index >= 15 is 0 Å². The molecule has 5 heteroatoms. The Morgan fingerprint density at radius 1 is 1.12 bits per heavy atom. The Labute approximate surface area is 141 Å². The number of hydrogen-bond acceptors (Lipinski definition) is 4. The lowest BCUT2D eigenvalue weighted by molar-refractivity contribution is -0.116. The van der Waals surface area contributed by atoms with Gasteiger partial charge in [-0.2, -0.15) is 0 Å². The Bertz CT molecular complexity index is 709. The molecule has 0 fully saturated rings. The monoisotopic (exact) mass is 326 g/mol. The molecule has 1 amide bonds. The zero-order chi connectivity index (χ0) is 17.5. The van der Waals surface area contributed by atoms with Crippen molar-refractivity contribution in [3.8, 4) is 5.75 Å². The van der Waals surface area contributed by atoms with Crippen molar-refractivity contribution in [1.82, 2.24) is 4.98 Å². The standard InChI is InChI=1S/C19H22N2O3/c1-13(2)12-14-5-7-15(8-6-14)16(22)9-10-18(24)21-19-17(23)4-3-11-20-19/h3-8,11,13,23H,9-10,12H2,1-2H3,(H,20,21,24). The van der Waals surface area contributed by atoms with Gasteiger partial charge in [-0.3, -0.25) is 9.59 Å². The van der Waals surface area contributed by atoms with Gasteiger partial charge in [-0.15, -0.1) is 0 Å². The number of amides is 1. The highest BCUT2D eigenvalue weighted by atomic mass is 16.3. The van der Waals surface area contributed by atoms with Gasteiger partial charge in [0.25, 0.3) is 0 Å². The molecule has 1 heterocycles. The number of benzene rings is 1. The molecule has 0 aliphatic rings. The minimum Gasteiger partial charge on any atom is -0.504 e. The number of Topliss-reactive ketones (excluding diaryl/α,β-unsaturated/α-hetero) is 1. The third kappa shape index (κ3) is 5.19. The van der Waals surface area contributed by atoms with E-state index in [1.807, 2.05) is 24.3 Å². The topological polar surface area (TPSA) is 79.3 Å². The Hall–Kier alpha value is -2.69. The number of anilines is 1. The first-order valence-corrected chi connectivity index (χ1v) is 8.01. The van der Waals surface area contributed by atoms with Gasteiger partial charge < -0.3 is 10.4 Å². The van der Waals surface area contributed by atoms with E-state index in [1.165, 1.54) is 17.8 Å². The van der Waals surface area contributed by atoms with Crippen LogP contribution < -0.4 is 5.32 Å². The van der Waals surface area contributed by atoms with Crippen molar-refractivity contribution in [2.75, 3.05) is 5.32 Å². The molecule has 0 saturated heterocycles. The predicted octanol–water partition coefficient (Wildman–Crippen LogP) is 3.59. The maximum atomic E-state index is 12.2. The quantitative estimate of drug-likeness (QED) is 0.762. The number of rotatable bonds is 7. The van der Waals surface area contributed by atoms with Crippen LogP contribution in [0.2, 0.25) is 0 Å². The van der Waals surface area contributed by atoms with Gasteiger partial charge in [-0.1, -0.05) is 38.1 Å². The van der Waals surface area contributed by atoms with Gasteiger partial charge in [0.15, 0.2) is 17.4 Å². The van der Waals surface area contributed by atoms with Gasteiger partial charge in [0.05, 0.1) is 0 Å². The molecule has 0 saturated carbocycles. The summed E-state index contributed by atoms with van der Waals surface area (Å²) < 4.78 is 0. The number of carbonyl (C=O) groups excluding carboxylic acids is 2. The van der Waals surface area contributed by atoms with Crippen LogP contribution >= 0.6 is 0 Å². The summed E-state index contributed by atoms with van der Waals surface area (Å²) in [6.07, 6.45) is 2.61. The summed E-state index contributed by atoms with van der Waals surface area (Å²) in [6, 6.07) is 10.5. The summed E-state index contributed by atoms with van der Waals surface area (Å²) in [7, 11) is 0. The maximum Gasteiger partial charge on any atom is 0.226 e. The molecule has 0 atom stereocenters. The van der Waals surface area contributed by atoms with Crippen molar-refractivity contribution < 1.29 is 14.7 Å². The summed E-state index contributed by atoms with van der Waals surface area (Å²) in [5.74, 6) is 0.143. The fraction of sp³-hybridized carbons (Fsp3) is 0.316. The molecule has 0 unspecified atom stereocenters. The van der Waals surface area contributed by atoms with Crippen LogP contribution in [0.1, 0.15) is 42.6 Å². The van der Waals surface area contributed by atoms with Crippen LogP contribution in [0.3, 0.4) is 0 Å². The third-order valence-corrected chi connectivity index (χ3v) is 3.54. The molecule has 0 bridgehead atoms. The molecule has 2 N–H and O–H groups in total. The second kappa shape index (κ2) is 8.24. The van der Waals surface area contributed by atoms with Crippen LogP contribution in [0, 0.1) is 5.92 Å². The van der Waals surface area contributed by atoms with Crippen molar-refractivity contribution in [3.63, 3.8) is 0 Å². The Kier molecular flexibility index (Phi) is 6.07. The highest BCUT2D eigenvalue weighted by molar-refractivity contribution is 6.00. The van der Waals surface area contributed by atoms with Crippen LogP contribution in [0.5, 0.6) is 5.75 Å². The van der Waals surface area contributed by atoms with E-state index in [4.69, 9.17) is 0 Å². The third-order valence-electron chi connectivity index (χ3n) is 3.54. The van der Waals surface area contributed by atoms with Crippen molar-refractivity contribution in [1.29, 1.82) is 0 Å². The highest BCUT2D eigenvalue weighted by Gasteiger charge is 2.11. The number of aromatic hydroxyl groups is 1. The number of ketones is 1. The smallest absolute Gasteiger partial charge is 0.226 e. The second-order valence-corrected chi connectivity index (χ2v) is 6.14. The summed E-state index contributed by atoms with van der Waals surface area (Å²) in [6.45, 7) is 4.30. The number of pyridine rings is 1. The predicted molar refractivity (Wildman–Crippen MR) is 93.1 cm³/mol. The van der Waals surface area contributed by atoms with E-state index in [2.05, 4.69) is 24.1 Å². The van der Waals surface area contributed by atoms with E-state index in [0.717, 1.165) is 6.42 Å². The molecule has 126 valence electrons. The maximum absolute atomic E-state index is 12.2. The molecule has 0 aliphatic carbocycles. The van der Waals surface area contributed by atoms with Gasteiger partial charge in [-0.05, 0) is 30.0 Å². The van der Waals surface area contributed by atoms with Crippen LogP contribution in [0.4, 0.5) is 5.82 Å². The van der Waals surface area contributed by atoms with Gasteiger partial charge in [-0.25, -0.2) is 4.98 Å². The summed E-state index contributed by atoms with van der Waals surface area (Å²) in [5.41, 5.74) is 1.81. The molecule has 2 rings (SSSR count). The molecule has 1 aromatic heterocycles. The molecule has 24 heavy (non-hydrogen) atoms. The van der Waals surface area contributed by atoms with Gasteiger partial charge in [0, 0.05) is 24.6 Å². The van der Waals surface area contributed by atoms with E-state index in [1.54, 1.807) is 6.07 Å².